The molecule has 3 rings (SSSR count). The number of rotatable bonds is 8. The molecule has 1 N–H and O–H groups in total. The summed E-state index contributed by atoms with van der Waals surface area (Å²) in [5.41, 5.74) is 1.55. The third-order valence-corrected chi connectivity index (χ3v) is 6.17. The van der Waals surface area contributed by atoms with E-state index in [0.29, 0.717) is 17.3 Å². The Labute approximate surface area is 193 Å². The van der Waals surface area contributed by atoms with Crippen LogP contribution in [0.3, 0.4) is 0 Å². The molecule has 1 aliphatic carbocycles. The molecule has 1 unspecified atom stereocenters. The van der Waals surface area contributed by atoms with Gasteiger partial charge in [-0.15, -0.1) is 0 Å². The first kappa shape index (κ1) is 24.9. The first-order valence-corrected chi connectivity index (χ1v) is 11.3. The third kappa shape index (κ3) is 5.99. The lowest BCUT2D eigenvalue weighted by Crippen LogP contribution is -2.33. The molecule has 1 heterocycles. The predicted octanol–water partition coefficient (Wildman–Crippen LogP) is 4.51. The van der Waals surface area contributed by atoms with Gasteiger partial charge in [-0.05, 0) is 50.3 Å². The van der Waals surface area contributed by atoms with Crippen LogP contribution < -0.4 is 5.32 Å². The molecule has 1 atom stereocenters. The van der Waals surface area contributed by atoms with Crippen molar-refractivity contribution in [3.05, 3.63) is 57.9 Å². The topological polar surface area (TPSA) is 73.9 Å². The van der Waals surface area contributed by atoms with Crippen molar-refractivity contribution in [1.82, 2.24) is 5.32 Å². The predicted molar refractivity (Wildman–Crippen MR) is 118 cm³/mol. The van der Waals surface area contributed by atoms with Crippen LogP contribution in [-0.2, 0) is 23.8 Å². The molecule has 6 nitrogen and oxygen atoms in total. The zero-order chi connectivity index (χ0) is 24.0. The number of hydrogen-bond acceptors (Lipinski definition) is 6. The van der Waals surface area contributed by atoms with Crippen molar-refractivity contribution in [1.29, 1.82) is 0 Å². The van der Waals surface area contributed by atoms with Crippen molar-refractivity contribution in [3.63, 3.8) is 0 Å². The van der Waals surface area contributed by atoms with Crippen LogP contribution in [0.4, 0.5) is 8.78 Å². The molecule has 0 saturated heterocycles. The van der Waals surface area contributed by atoms with E-state index >= 15 is 0 Å². The molecule has 180 valence electrons. The molecule has 1 fully saturated rings. The van der Waals surface area contributed by atoms with E-state index in [1.165, 1.54) is 19.6 Å². The Bertz CT molecular complexity index is 950. The number of esters is 2. The fourth-order valence-electron chi connectivity index (χ4n) is 4.48. The number of nitrogens with one attached hydrogen (secondary N) is 1. The van der Waals surface area contributed by atoms with Crippen LogP contribution in [0.5, 0.6) is 0 Å². The summed E-state index contributed by atoms with van der Waals surface area (Å²) in [4.78, 5) is 26.2. The minimum Gasteiger partial charge on any atom is -0.462 e. The van der Waals surface area contributed by atoms with Gasteiger partial charge in [0.05, 0.1) is 30.3 Å². The van der Waals surface area contributed by atoms with E-state index in [0.717, 1.165) is 37.8 Å². The van der Waals surface area contributed by atoms with Crippen LogP contribution in [0, 0.1) is 17.6 Å². The van der Waals surface area contributed by atoms with E-state index < -0.39 is 29.5 Å². The second-order valence-corrected chi connectivity index (χ2v) is 8.54. The zero-order valence-electron chi connectivity index (χ0n) is 19.3. The maximum absolute atomic E-state index is 14.2. The van der Waals surface area contributed by atoms with Gasteiger partial charge in [-0.1, -0.05) is 25.3 Å². The molecule has 0 bridgehead atoms. The highest BCUT2D eigenvalue weighted by Crippen LogP contribution is 2.40. The normalized spacial score (nSPS) is 19.4. The highest BCUT2D eigenvalue weighted by Gasteiger charge is 2.38. The lowest BCUT2D eigenvalue weighted by Gasteiger charge is -2.31. The number of hydrogen-bond donors (Lipinski definition) is 1. The van der Waals surface area contributed by atoms with Crippen molar-refractivity contribution in [2.75, 3.05) is 26.9 Å². The number of allylic oxidation sites excluding steroid dienone is 2. The summed E-state index contributed by atoms with van der Waals surface area (Å²) < 4.78 is 43.7. The van der Waals surface area contributed by atoms with Gasteiger partial charge in [-0.2, -0.15) is 0 Å². The first-order valence-electron chi connectivity index (χ1n) is 11.3. The number of carbonyl (C=O) groups excluding carboxylic acids is 2. The monoisotopic (exact) mass is 463 g/mol. The average Bonchev–Trinajstić information content (AvgIpc) is 2.79. The van der Waals surface area contributed by atoms with Gasteiger partial charge in [0.2, 0.25) is 0 Å². The minimum absolute atomic E-state index is 0.0147. The van der Waals surface area contributed by atoms with Crippen LogP contribution in [0.2, 0.25) is 0 Å². The average molecular weight is 464 g/mol. The molecule has 0 aromatic heterocycles. The van der Waals surface area contributed by atoms with Crippen LogP contribution in [0.15, 0.2) is 40.7 Å². The van der Waals surface area contributed by atoms with Gasteiger partial charge in [-0.3, -0.25) is 0 Å². The quantitative estimate of drug-likeness (QED) is 0.452. The molecular weight excluding hydrogens is 432 g/mol. The maximum Gasteiger partial charge on any atom is 0.336 e. The molecule has 1 saturated carbocycles. The standard InChI is InChI=1S/C25H31F2NO5/c1-15-21(24(29)32-12-11-31-3)23(18-9-10-19(26)20(27)13-18)22(16(2)28-15)25(30)33-14-17-7-5-4-6-8-17/h9-10,13,17,23,28H,4-8,11-12,14H2,1-3H3. The van der Waals surface area contributed by atoms with Gasteiger partial charge in [0.15, 0.2) is 11.6 Å². The van der Waals surface area contributed by atoms with Gasteiger partial charge in [0.1, 0.15) is 6.61 Å². The fourth-order valence-corrected chi connectivity index (χ4v) is 4.48. The van der Waals surface area contributed by atoms with Gasteiger partial charge in [0, 0.05) is 18.5 Å². The van der Waals surface area contributed by atoms with Gasteiger partial charge in [-0.25, -0.2) is 18.4 Å². The Morgan fingerprint density at radius 2 is 1.58 bits per heavy atom. The Morgan fingerprint density at radius 3 is 2.18 bits per heavy atom. The fraction of sp³-hybridized carbons (Fsp3) is 0.520. The molecule has 0 amide bonds. The van der Waals surface area contributed by atoms with Gasteiger partial charge >= 0.3 is 11.9 Å². The van der Waals surface area contributed by atoms with Crippen molar-refractivity contribution < 1.29 is 32.6 Å². The Kier molecular flexibility index (Phi) is 8.61. The summed E-state index contributed by atoms with van der Waals surface area (Å²) in [5, 5.41) is 3.05. The molecule has 0 radical (unpaired) electrons. The van der Waals surface area contributed by atoms with Crippen molar-refractivity contribution in [3.8, 4) is 0 Å². The molecule has 2 aliphatic rings. The summed E-state index contributed by atoms with van der Waals surface area (Å²) in [5.74, 6) is -4.00. The molecule has 8 heteroatoms. The molecule has 1 aliphatic heterocycles. The highest BCUT2D eigenvalue weighted by atomic mass is 19.2. The second-order valence-electron chi connectivity index (χ2n) is 8.54. The Morgan fingerprint density at radius 1 is 0.939 bits per heavy atom. The lowest BCUT2D eigenvalue weighted by atomic mass is 9.80. The lowest BCUT2D eigenvalue weighted by molar-refractivity contribution is -0.141. The van der Waals surface area contributed by atoms with E-state index in [2.05, 4.69) is 5.32 Å². The van der Waals surface area contributed by atoms with Crippen LogP contribution in [-0.4, -0.2) is 38.9 Å². The molecule has 0 spiro atoms. The Balaban J connectivity index is 1.94. The molecule has 1 aromatic rings. The summed E-state index contributed by atoms with van der Waals surface area (Å²) in [7, 11) is 1.48. The number of methoxy groups -OCH3 is 1. The van der Waals surface area contributed by atoms with E-state index in [-0.39, 0.29) is 36.5 Å². The molecule has 1 aromatic carbocycles. The van der Waals surface area contributed by atoms with Crippen LogP contribution in [0.25, 0.3) is 0 Å². The van der Waals surface area contributed by atoms with Crippen molar-refractivity contribution >= 4 is 11.9 Å². The first-order chi connectivity index (χ1) is 15.8. The number of benzene rings is 1. The van der Waals surface area contributed by atoms with Crippen LogP contribution in [0.1, 0.15) is 57.4 Å². The zero-order valence-corrected chi connectivity index (χ0v) is 19.3. The van der Waals surface area contributed by atoms with Gasteiger partial charge in [0.25, 0.3) is 0 Å². The maximum atomic E-state index is 14.2. The van der Waals surface area contributed by atoms with E-state index in [4.69, 9.17) is 14.2 Å². The summed E-state index contributed by atoms with van der Waals surface area (Å²) in [6.45, 7) is 3.87. The number of carbonyl (C=O) groups is 2. The summed E-state index contributed by atoms with van der Waals surface area (Å²) >= 11 is 0. The SMILES string of the molecule is COCCOC(=O)C1=C(C)NC(C)=C(C(=O)OCC2CCCCC2)C1c1ccc(F)c(F)c1. The summed E-state index contributed by atoms with van der Waals surface area (Å²) in [6.07, 6.45) is 5.43. The van der Waals surface area contributed by atoms with E-state index in [1.807, 2.05) is 0 Å². The smallest absolute Gasteiger partial charge is 0.336 e. The van der Waals surface area contributed by atoms with E-state index in [9.17, 15) is 18.4 Å². The largest absolute Gasteiger partial charge is 0.462 e. The van der Waals surface area contributed by atoms with Crippen LogP contribution >= 0.6 is 0 Å². The minimum atomic E-state index is -1.07. The Hall–Kier alpha value is -2.74. The number of ether oxygens (including phenoxy) is 3. The van der Waals surface area contributed by atoms with Crippen molar-refractivity contribution in [2.45, 2.75) is 51.9 Å². The number of dihydropyridines is 1. The number of halogens is 2. The second kappa shape index (κ2) is 11.4. The third-order valence-electron chi connectivity index (χ3n) is 6.17. The highest BCUT2D eigenvalue weighted by molar-refractivity contribution is 5.99. The van der Waals surface area contributed by atoms with Gasteiger partial charge < -0.3 is 19.5 Å². The summed E-state index contributed by atoms with van der Waals surface area (Å²) in [6, 6.07) is 3.35. The van der Waals surface area contributed by atoms with E-state index in [1.54, 1.807) is 13.8 Å². The molecular formula is C25H31F2NO5. The van der Waals surface area contributed by atoms with Crippen molar-refractivity contribution in [2.24, 2.45) is 5.92 Å². The molecule has 33 heavy (non-hydrogen) atoms.